The van der Waals surface area contributed by atoms with Gasteiger partial charge in [0.25, 0.3) is 11.5 Å². The van der Waals surface area contributed by atoms with E-state index in [4.69, 9.17) is 12.2 Å². The number of nitrogens with zero attached hydrogens (tertiary/aromatic N) is 5. The van der Waals surface area contributed by atoms with Crippen molar-refractivity contribution in [3.63, 3.8) is 0 Å². The molecule has 0 N–H and O–H groups in total. The second kappa shape index (κ2) is 13.5. The SMILES string of the molecule is CCCCCCN1C(=O)/C(=C\c2c(C)c(C#N)c(=O)n(CCC)c2N2CCN(c3ccc(F)cc3)CC2)SC1=S. The van der Waals surface area contributed by atoms with E-state index < -0.39 is 0 Å². The number of thiocarbonyl (C=S) groups is 1. The van der Waals surface area contributed by atoms with Gasteiger partial charge in [-0.3, -0.25) is 19.1 Å². The maximum atomic E-state index is 13.5. The monoisotopic (exact) mass is 581 g/mol. The van der Waals surface area contributed by atoms with Crippen molar-refractivity contribution in [1.82, 2.24) is 9.47 Å². The third-order valence-corrected chi connectivity index (χ3v) is 8.83. The fourth-order valence-corrected chi connectivity index (χ4v) is 6.56. The Balaban J connectivity index is 1.71. The maximum Gasteiger partial charge on any atom is 0.270 e. The Morgan fingerprint density at radius 2 is 1.68 bits per heavy atom. The van der Waals surface area contributed by atoms with Crippen LogP contribution in [0, 0.1) is 24.1 Å². The minimum absolute atomic E-state index is 0.100. The molecule has 40 heavy (non-hydrogen) atoms. The number of piperazine rings is 1. The molecule has 7 nitrogen and oxygen atoms in total. The first kappa shape index (κ1) is 29.8. The minimum Gasteiger partial charge on any atom is -0.368 e. The highest BCUT2D eigenvalue weighted by atomic mass is 32.2. The van der Waals surface area contributed by atoms with E-state index in [0.717, 1.165) is 43.6 Å². The number of benzene rings is 1. The van der Waals surface area contributed by atoms with Gasteiger partial charge < -0.3 is 9.80 Å². The number of hydrogen-bond acceptors (Lipinski definition) is 7. The van der Waals surface area contributed by atoms with Gasteiger partial charge in [-0.05, 0) is 55.7 Å². The van der Waals surface area contributed by atoms with Gasteiger partial charge in [-0.15, -0.1) is 0 Å². The van der Waals surface area contributed by atoms with Crippen LogP contribution in [-0.4, -0.2) is 52.4 Å². The summed E-state index contributed by atoms with van der Waals surface area (Å²) in [5.74, 6) is 0.343. The van der Waals surface area contributed by atoms with Gasteiger partial charge in [-0.2, -0.15) is 5.26 Å². The van der Waals surface area contributed by atoms with Crippen LogP contribution in [0.4, 0.5) is 15.9 Å². The molecule has 0 atom stereocenters. The Kier molecular flexibility index (Phi) is 10.0. The van der Waals surface area contributed by atoms with Crippen LogP contribution in [0.5, 0.6) is 0 Å². The van der Waals surface area contributed by atoms with Crippen molar-refractivity contribution in [2.75, 3.05) is 42.5 Å². The molecular weight excluding hydrogens is 545 g/mol. The summed E-state index contributed by atoms with van der Waals surface area (Å²) in [5, 5.41) is 9.90. The van der Waals surface area contributed by atoms with Gasteiger partial charge in [0, 0.05) is 50.5 Å². The van der Waals surface area contributed by atoms with Gasteiger partial charge in [0.2, 0.25) is 0 Å². The summed E-state index contributed by atoms with van der Waals surface area (Å²) in [5.41, 5.74) is 2.03. The Labute approximate surface area is 245 Å². The van der Waals surface area contributed by atoms with E-state index in [-0.39, 0.29) is 22.8 Å². The normalized spacial score (nSPS) is 16.8. The van der Waals surface area contributed by atoms with Gasteiger partial charge in [0.1, 0.15) is 27.6 Å². The topological polar surface area (TPSA) is 72.6 Å². The number of anilines is 2. The largest absolute Gasteiger partial charge is 0.368 e. The molecule has 2 aliphatic heterocycles. The smallest absolute Gasteiger partial charge is 0.270 e. The number of nitriles is 1. The van der Waals surface area contributed by atoms with Gasteiger partial charge >= 0.3 is 0 Å². The average Bonchev–Trinajstić information content (AvgIpc) is 3.22. The number of pyridine rings is 1. The van der Waals surface area contributed by atoms with Crippen LogP contribution in [0.3, 0.4) is 0 Å². The van der Waals surface area contributed by atoms with Crippen molar-refractivity contribution in [3.8, 4) is 6.07 Å². The molecule has 0 bridgehead atoms. The first-order valence-electron chi connectivity index (χ1n) is 14.0. The van der Waals surface area contributed by atoms with E-state index in [0.29, 0.717) is 59.6 Å². The number of hydrogen-bond donors (Lipinski definition) is 0. The van der Waals surface area contributed by atoms with E-state index in [2.05, 4.69) is 22.8 Å². The van der Waals surface area contributed by atoms with Crippen molar-refractivity contribution < 1.29 is 9.18 Å². The summed E-state index contributed by atoms with van der Waals surface area (Å²) < 4.78 is 15.7. The second-order valence-electron chi connectivity index (χ2n) is 10.2. The molecule has 1 aromatic heterocycles. The minimum atomic E-state index is -0.307. The molecule has 0 spiro atoms. The van der Waals surface area contributed by atoms with Crippen molar-refractivity contribution in [1.29, 1.82) is 5.26 Å². The summed E-state index contributed by atoms with van der Waals surface area (Å²) in [6.07, 6.45) is 6.73. The van der Waals surface area contributed by atoms with Crippen molar-refractivity contribution >= 4 is 51.8 Å². The molecule has 4 rings (SSSR count). The summed E-state index contributed by atoms with van der Waals surface area (Å²) >= 11 is 6.85. The maximum absolute atomic E-state index is 13.5. The molecule has 0 radical (unpaired) electrons. The van der Waals surface area contributed by atoms with E-state index in [1.165, 1.54) is 23.9 Å². The van der Waals surface area contributed by atoms with E-state index in [9.17, 15) is 19.2 Å². The Morgan fingerprint density at radius 3 is 2.30 bits per heavy atom. The highest BCUT2D eigenvalue weighted by Gasteiger charge is 2.33. The summed E-state index contributed by atoms with van der Waals surface area (Å²) in [4.78, 5) is 33.4. The number of rotatable bonds is 10. The molecule has 3 heterocycles. The number of thioether (sulfide) groups is 1. The molecule has 0 aliphatic carbocycles. The van der Waals surface area contributed by atoms with E-state index in [1.54, 1.807) is 28.5 Å². The lowest BCUT2D eigenvalue weighted by Gasteiger charge is -2.39. The predicted molar refractivity (Wildman–Crippen MR) is 165 cm³/mol. The van der Waals surface area contributed by atoms with E-state index >= 15 is 0 Å². The summed E-state index contributed by atoms with van der Waals surface area (Å²) in [7, 11) is 0. The molecule has 2 aliphatic rings. The highest BCUT2D eigenvalue weighted by Crippen LogP contribution is 2.36. The number of halogens is 1. The molecule has 1 aromatic carbocycles. The third-order valence-electron chi connectivity index (χ3n) is 7.45. The molecule has 10 heteroatoms. The fraction of sp³-hybridized carbons (Fsp3) is 0.467. The predicted octanol–water partition coefficient (Wildman–Crippen LogP) is 5.69. The lowest BCUT2D eigenvalue weighted by atomic mass is 10.0. The van der Waals surface area contributed by atoms with Crippen molar-refractivity contribution in [2.24, 2.45) is 0 Å². The number of aromatic nitrogens is 1. The molecule has 1 amide bonds. The molecular formula is C30H36FN5O2S2. The first-order valence-corrected chi connectivity index (χ1v) is 15.2. The fourth-order valence-electron chi connectivity index (χ4n) is 5.26. The van der Waals surface area contributed by atoms with Crippen molar-refractivity contribution in [3.05, 3.63) is 62.0 Å². The Bertz CT molecular complexity index is 1390. The third kappa shape index (κ3) is 6.26. The zero-order chi connectivity index (χ0) is 28.8. The molecule has 2 saturated heterocycles. The van der Waals surface area contributed by atoms with Gasteiger partial charge in [-0.1, -0.05) is 57.1 Å². The van der Waals surface area contributed by atoms with Gasteiger partial charge in [-0.25, -0.2) is 4.39 Å². The molecule has 0 unspecified atom stereocenters. The Hall–Kier alpha value is -3.16. The summed E-state index contributed by atoms with van der Waals surface area (Å²) in [6.45, 7) is 9.62. The van der Waals surface area contributed by atoms with Crippen LogP contribution >= 0.6 is 24.0 Å². The van der Waals surface area contributed by atoms with Crippen LogP contribution in [0.2, 0.25) is 0 Å². The van der Waals surface area contributed by atoms with Crippen LogP contribution in [-0.2, 0) is 11.3 Å². The zero-order valence-corrected chi connectivity index (χ0v) is 25.0. The molecule has 2 fully saturated rings. The zero-order valence-electron chi connectivity index (χ0n) is 23.4. The second-order valence-corrected chi connectivity index (χ2v) is 11.8. The quantitative estimate of drug-likeness (QED) is 0.203. The standard InChI is InChI=1S/C30H36FN5O2S2/c1-4-6-7-8-14-36-29(38)26(40-30(36)39)19-24-21(3)25(20-32)28(37)35(13-5-2)27(24)34-17-15-33(16-18-34)23-11-9-22(31)10-12-23/h9-12,19H,4-8,13-18H2,1-3H3/b26-19+. The number of unbranched alkanes of at least 4 members (excludes halogenated alkanes) is 3. The van der Waals surface area contributed by atoms with Gasteiger partial charge in [0.05, 0.1) is 4.91 Å². The number of amides is 1. The van der Waals surface area contributed by atoms with Crippen LogP contribution < -0.4 is 15.4 Å². The number of carbonyl (C=O) groups excluding carboxylic acids is 1. The van der Waals surface area contributed by atoms with Crippen LogP contribution in [0.25, 0.3) is 6.08 Å². The van der Waals surface area contributed by atoms with Crippen LogP contribution in [0.15, 0.2) is 34.0 Å². The Morgan fingerprint density at radius 1 is 1.00 bits per heavy atom. The lowest BCUT2D eigenvalue weighted by Crippen LogP contribution is -2.48. The van der Waals surface area contributed by atoms with Gasteiger partial charge in [0.15, 0.2) is 0 Å². The molecule has 212 valence electrons. The number of carbonyl (C=O) groups is 1. The average molecular weight is 582 g/mol. The summed E-state index contributed by atoms with van der Waals surface area (Å²) in [6, 6.07) is 8.59. The molecule has 2 aromatic rings. The van der Waals surface area contributed by atoms with Crippen LogP contribution in [0.1, 0.15) is 62.6 Å². The lowest BCUT2D eigenvalue weighted by molar-refractivity contribution is -0.122. The highest BCUT2D eigenvalue weighted by molar-refractivity contribution is 8.26. The molecule has 0 saturated carbocycles. The first-order chi connectivity index (χ1) is 19.3. The van der Waals surface area contributed by atoms with E-state index in [1.807, 2.05) is 13.0 Å². The van der Waals surface area contributed by atoms with Crippen molar-refractivity contribution in [2.45, 2.75) is 59.4 Å².